The Labute approximate surface area is 167 Å². The van der Waals surface area contributed by atoms with Gasteiger partial charge in [0.2, 0.25) is 5.91 Å². The Morgan fingerprint density at radius 2 is 1.96 bits per heavy atom. The monoisotopic (exact) mass is 393 g/mol. The van der Waals surface area contributed by atoms with Gasteiger partial charge >= 0.3 is 6.03 Å². The Morgan fingerprint density at radius 1 is 1.26 bits per heavy atom. The number of halogens is 1. The summed E-state index contributed by atoms with van der Waals surface area (Å²) in [6.07, 6.45) is 3.21. The molecule has 1 heterocycles. The molecule has 0 aromatic heterocycles. The largest absolute Gasteiger partial charge is 0.349 e. The third-order valence-corrected chi connectivity index (χ3v) is 5.21. The van der Waals surface area contributed by atoms with Crippen LogP contribution in [0.5, 0.6) is 0 Å². The van der Waals surface area contributed by atoms with Crippen LogP contribution in [0.15, 0.2) is 24.3 Å². The molecule has 2 N–H and O–H groups in total. The Hall–Kier alpha value is -1.75. The zero-order valence-electron chi connectivity index (χ0n) is 16.6. The molecule has 0 aliphatic carbocycles. The molecule has 5 nitrogen and oxygen atoms in total. The van der Waals surface area contributed by atoms with Crippen LogP contribution >= 0.6 is 11.6 Å². The van der Waals surface area contributed by atoms with Crippen molar-refractivity contribution in [2.24, 2.45) is 11.8 Å². The van der Waals surface area contributed by atoms with Crippen LogP contribution in [0.25, 0.3) is 0 Å². The summed E-state index contributed by atoms with van der Waals surface area (Å²) in [6, 6.07) is 7.59. The average molecular weight is 394 g/mol. The Bertz CT molecular complexity index is 618. The van der Waals surface area contributed by atoms with Crippen molar-refractivity contribution >= 4 is 23.5 Å². The van der Waals surface area contributed by atoms with Crippen LogP contribution in [0, 0.1) is 11.8 Å². The summed E-state index contributed by atoms with van der Waals surface area (Å²) in [7, 11) is 0. The SMILES string of the molecule is CC[C@H](NC(=O)C[C@H]1CCCN(C(=O)NCC(C)C)C1)c1ccc(Cl)cc1. The molecule has 1 aromatic carbocycles. The fraction of sp³-hybridized carbons (Fsp3) is 0.619. The molecule has 0 unspecified atom stereocenters. The lowest BCUT2D eigenvalue weighted by Gasteiger charge is -2.33. The van der Waals surface area contributed by atoms with Crippen molar-refractivity contribution in [3.05, 3.63) is 34.9 Å². The number of nitrogens with one attached hydrogen (secondary N) is 2. The average Bonchev–Trinajstić information content (AvgIpc) is 2.65. The second kappa shape index (κ2) is 10.5. The molecule has 27 heavy (non-hydrogen) atoms. The molecule has 0 saturated carbocycles. The normalized spacial score (nSPS) is 18.3. The van der Waals surface area contributed by atoms with E-state index in [0.29, 0.717) is 30.5 Å². The predicted molar refractivity (Wildman–Crippen MR) is 110 cm³/mol. The van der Waals surface area contributed by atoms with Crippen molar-refractivity contribution in [3.8, 4) is 0 Å². The van der Waals surface area contributed by atoms with Gasteiger partial charge in [0.25, 0.3) is 0 Å². The van der Waals surface area contributed by atoms with Crippen LogP contribution in [0.2, 0.25) is 5.02 Å². The highest BCUT2D eigenvalue weighted by Gasteiger charge is 2.26. The van der Waals surface area contributed by atoms with E-state index < -0.39 is 0 Å². The number of rotatable bonds is 7. The number of hydrogen-bond donors (Lipinski definition) is 2. The Morgan fingerprint density at radius 3 is 2.59 bits per heavy atom. The number of likely N-dealkylation sites (tertiary alicyclic amines) is 1. The van der Waals surface area contributed by atoms with Crippen LogP contribution in [0.4, 0.5) is 4.79 Å². The summed E-state index contributed by atoms with van der Waals surface area (Å²) in [4.78, 5) is 26.7. The number of hydrogen-bond acceptors (Lipinski definition) is 2. The van der Waals surface area contributed by atoms with E-state index in [1.165, 1.54) is 0 Å². The third kappa shape index (κ3) is 7.06. The summed E-state index contributed by atoms with van der Waals surface area (Å²) in [5.74, 6) is 0.691. The van der Waals surface area contributed by atoms with Crippen molar-refractivity contribution in [2.45, 2.75) is 52.5 Å². The lowest BCUT2D eigenvalue weighted by atomic mass is 9.94. The van der Waals surface area contributed by atoms with Crippen molar-refractivity contribution in [1.29, 1.82) is 0 Å². The van der Waals surface area contributed by atoms with Crippen molar-refractivity contribution in [2.75, 3.05) is 19.6 Å². The number of piperidine rings is 1. The second-order valence-corrected chi connectivity index (χ2v) is 8.25. The highest BCUT2D eigenvalue weighted by molar-refractivity contribution is 6.30. The first-order valence-corrected chi connectivity index (χ1v) is 10.3. The summed E-state index contributed by atoms with van der Waals surface area (Å²) in [6.45, 7) is 8.31. The smallest absolute Gasteiger partial charge is 0.317 e. The molecule has 0 bridgehead atoms. The second-order valence-electron chi connectivity index (χ2n) is 7.82. The number of urea groups is 1. The van der Waals surface area contributed by atoms with Gasteiger partial charge in [-0.2, -0.15) is 0 Å². The van der Waals surface area contributed by atoms with Crippen LogP contribution in [-0.4, -0.2) is 36.5 Å². The lowest BCUT2D eigenvalue weighted by molar-refractivity contribution is -0.123. The molecule has 6 heteroatoms. The zero-order chi connectivity index (χ0) is 19.8. The molecular weight excluding hydrogens is 362 g/mol. The lowest BCUT2D eigenvalue weighted by Crippen LogP contribution is -2.47. The van der Waals surface area contributed by atoms with Crippen LogP contribution in [-0.2, 0) is 4.79 Å². The number of benzene rings is 1. The van der Waals surface area contributed by atoms with Gasteiger partial charge in [-0.25, -0.2) is 4.79 Å². The van der Waals surface area contributed by atoms with E-state index in [0.717, 1.165) is 31.4 Å². The maximum absolute atomic E-state index is 12.6. The Balaban J connectivity index is 1.85. The van der Waals surface area contributed by atoms with E-state index in [2.05, 4.69) is 31.4 Å². The molecular formula is C21H32ClN3O2. The molecule has 3 amide bonds. The molecule has 1 aliphatic heterocycles. The van der Waals surface area contributed by atoms with Gasteiger partial charge in [-0.1, -0.05) is 44.5 Å². The van der Waals surface area contributed by atoms with Gasteiger partial charge in [-0.15, -0.1) is 0 Å². The summed E-state index contributed by atoms with van der Waals surface area (Å²) in [5.41, 5.74) is 1.06. The molecule has 2 atom stereocenters. The van der Waals surface area contributed by atoms with Crippen LogP contribution in [0.1, 0.15) is 58.1 Å². The molecule has 1 fully saturated rings. The van der Waals surface area contributed by atoms with E-state index in [1.54, 1.807) is 0 Å². The van der Waals surface area contributed by atoms with Crippen molar-refractivity contribution < 1.29 is 9.59 Å². The van der Waals surface area contributed by atoms with Crippen LogP contribution in [0.3, 0.4) is 0 Å². The van der Waals surface area contributed by atoms with E-state index in [1.807, 2.05) is 29.2 Å². The third-order valence-electron chi connectivity index (χ3n) is 4.96. The van der Waals surface area contributed by atoms with Crippen LogP contribution < -0.4 is 10.6 Å². The van der Waals surface area contributed by atoms with E-state index in [-0.39, 0.29) is 23.9 Å². The number of nitrogens with zero attached hydrogens (tertiary/aromatic N) is 1. The zero-order valence-corrected chi connectivity index (χ0v) is 17.4. The quantitative estimate of drug-likeness (QED) is 0.722. The minimum absolute atomic E-state index is 0.0104. The van der Waals surface area contributed by atoms with Gasteiger partial charge in [0, 0.05) is 31.1 Å². The highest BCUT2D eigenvalue weighted by Crippen LogP contribution is 2.22. The van der Waals surface area contributed by atoms with Gasteiger partial charge in [0.05, 0.1) is 6.04 Å². The fourth-order valence-corrected chi connectivity index (χ4v) is 3.58. The first kappa shape index (κ1) is 21.5. The minimum atomic E-state index is -0.0126. The highest BCUT2D eigenvalue weighted by atomic mass is 35.5. The van der Waals surface area contributed by atoms with E-state index >= 15 is 0 Å². The molecule has 0 spiro atoms. The summed E-state index contributed by atoms with van der Waals surface area (Å²) in [5, 5.41) is 6.79. The van der Waals surface area contributed by atoms with Gasteiger partial charge < -0.3 is 15.5 Å². The summed E-state index contributed by atoms with van der Waals surface area (Å²) >= 11 is 5.95. The van der Waals surface area contributed by atoms with Gasteiger partial charge in [-0.3, -0.25) is 4.79 Å². The molecule has 150 valence electrons. The summed E-state index contributed by atoms with van der Waals surface area (Å²) < 4.78 is 0. The van der Waals surface area contributed by atoms with Gasteiger partial charge in [0.1, 0.15) is 0 Å². The van der Waals surface area contributed by atoms with Crippen molar-refractivity contribution in [3.63, 3.8) is 0 Å². The first-order valence-electron chi connectivity index (χ1n) is 9.96. The molecule has 1 aromatic rings. The first-order chi connectivity index (χ1) is 12.9. The predicted octanol–water partition coefficient (Wildman–Crippen LogP) is 4.38. The van der Waals surface area contributed by atoms with Gasteiger partial charge in [-0.05, 0) is 48.8 Å². The molecule has 0 radical (unpaired) electrons. The number of amides is 3. The van der Waals surface area contributed by atoms with E-state index in [9.17, 15) is 9.59 Å². The standard InChI is InChI=1S/C21H32ClN3O2/c1-4-19(17-7-9-18(22)10-8-17)24-20(26)12-16-6-5-11-25(14-16)21(27)23-13-15(2)3/h7-10,15-16,19H,4-6,11-14H2,1-3H3,(H,23,27)(H,24,26)/t16-,19+/m1/s1. The minimum Gasteiger partial charge on any atom is -0.349 e. The maximum Gasteiger partial charge on any atom is 0.317 e. The maximum atomic E-state index is 12.6. The van der Waals surface area contributed by atoms with Gasteiger partial charge in [0.15, 0.2) is 0 Å². The number of carbonyl (C=O) groups excluding carboxylic acids is 2. The molecule has 1 saturated heterocycles. The molecule has 1 aliphatic rings. The Kier molecular flexibility index (Phi) is 8.42. The fourth-order valence-electron chi connectivity index (χ4n) is 3.45. The van der Waals surface area contributed by atoms with Crippen molar-refractivity contribution in [1.82, 2.24) is 15.5 Å². The molecule has 2 rings (SSSR count). The van der Waals surface area contributed by atoms with E-state index in [4.69, 9.17) is 11.6 Å². The number of carbonyl (C=O) groups is 2. The topological polar surface area (TPSA) is 61.4 Å².